The topological polar surface area (TPSA) is 50.1 Å². The number of nitrogens with one attached hydrogen (secondary N) is 2. The van der Waals surface area contributed by atoms with Gasteiger partial charge in [0.15, 0.2) is 0 Å². The van der Waals surface area contributed by atoms with Crippen molar-refractivity contribution in [2.24, 2.45) is 0 Å². The maximum atomic E-state index is 5.95. The van der Waals surface area contributed by atoms with Crippen molar-refractivity contribution in [3.05, 3.63) is 84.4 Å². The second kappa shape index (κ2) is 7.14. The van der Waals surface area contributed by atoms with Crippen LogP contribution in [-0.2, 0) is 0 Å². The Morgan fingerprint density at radius 3 is 2.24 bits per heavy atom. The van der Waals surface area contributed by atoms with Crippen LogP contribution in [-0.4, -0.2) is 14.1 Å². The molecule has 0 saturated heterocycles. The summed E-state index contributed by atoms with van der Waals surface area (Å²) >= 11 is 0. The van der Waals surface area contributed by atoms with Gasteiger partial charge >= 0.3 is 0 Å². The highest BCUT2D eigenvalue weighted by Crippen LogP contribution is 2.37. The van der Waals surface area contributed by atoms with Crippen LogP contribution in [0.2, 0.25) is 0 Å². The zero-order chi connectivity index (χ0) is 17.8. The fourth-order valence-corrected chi connectivity index (χ4v) is 2.98. The lowest BCUT2D eigenvalue weighted by atomic mass is 9.90. The molecule has 0 aromatic heterocycles. The molecule has 3 aromatic carbocycles. The van der Waals surface area contributed by atoms with Crippen LogP contribution in [0.25, 0.3) is 16.7 Å². The first-order chi connectivity index (χ1) is 12.1. The largest absolute Gasteiger partial charge is 0.399 e. The monoisotopic (exact) mass is 329 g/mol. The molecule has 0 bridgehead atoms. The molecule has 3 rings (SSSR count). The van der Waals surface area contributed by atoms with E-state index in [-0.39, 0.29) is 0 Å². The maximum Gasteiger partial charge on any atom is 0.0438 e. The van der Waals surface area contributed by atoms with Gasteiger partial charge in [-0.25, -0.2) is 0 Å². The predicted octanol–water partition coefficient (Wildman–Crippen LogP) is 5.08. The molecule has 0 saturated carbocycles. The molecule has 3 nitrogen and oxygen atoms in total. The van der Waals surface area contributed by atoms with Crippen molar-refractivity contribution in [3.63, 3.8) is 0 Å². The third-order valence-corrected chi connectivity index (χ3v) is 4.36. The van der Waals surface area contributed by atoms with Crippen molar-refractivity contribution in [2.75, 3.05) is 30.5 Å². The van der Waals surface area contributed by atoms with Gasteiger partial charge in [-0.2, -0.15) is 0 Å². The van der Waals surface area contributed by atoms with E-state index < -0.39 is 0 Å². The van der Waals surface area contributed by atoms with Gasteiger partial charge in [0.05, 0.1) is 0 Å². The van der Waals surface area contributed by atoms with Crippen molar-refractivity contribution < 1.29 is 0 Å². The van der Waals surface area contributed by atoms with E-state index in [4.69, 9.17) is 5.73 Å². The zero-order valence-corrected chi connectivity index (χ0v) is 14.6. The van der Waals surface area contributed by atoms with Crippen LogP contribution in [0.1, 0.15) is 11.1 Å². The Kier molecular flexibility index (Phi) is 4.75. The second-order valence-corrected chi connectivity index (χ2v) is 5.91. The Bertz CT molecular complexity index is 898. The molecule has 25 heavy (non-hydrogen) atoms. The molecule has 0 aliphatic heterocycles. The summed E-state index contributed by atoms with van der Waals surface area (Å²) in [6.45, 7) is 4.36. The van der Waals surface area contributed by atoms with E-state index in [2.05, 4.69) is 53.6 Å². The molecular formula is C22H23N3. The summed E-state index contributed by atoms with van der Waals surface area (Å²) in [5.74, 6) is 0. The summed E-state index contributed by atoms with van der Waals surface area (Å²) in [4.78, 5) is 0. The Balaban J connectivity index is 2.20. The van der Waals surface area contributed by atoms with Crippen LogP contribution in [0, 0.1) is 0 Å². The third-order valence-electron chi connectivity index (χ3n) is 4.36. The number of hydrogen-bond donors (Lipinski definition) is 3. The molecular weight excluding hydrogens is 306 g/mol. The molecule has 0 atom stereocenters. The van der Waals surface area contributed by atoms with Gasteiger partial charge in [0, 0.05) is 36.7 Å². The first-order valence-electron chi connectivity index (χ1n) is 8.28. The highest BCUT2D eigenvalue weighted by Gasteiger charge is 2.13. The summed E-state index contributed by atoms with van der Waals surface area (Å²) in [5.41, 5.74) is 14.2. The predicted molar refractivity (Wildman–Crippen MR) is 110 cm³/mol. The molecule has 0 fully saturated rings. The summed E-state index contributed by atoms with van der Waals surface area (Å²) in [7, 11) is 3.83. The van der Waals surface area contributed by atoms with Crippen LogP contribution >= 0.6 is 0 Å². The molecule has 0 aliphatic rings. The Morgan fingerprint density at radius 1 is 0.840 bits per heavy atom. The van der Waals surface area contributed by atoms with Gasteiger partial charge in [0.25, 0.3) is 0 Å². The van der Waals surface area contributed by atoms with Crippen LogP contribution in [0.4, 0.5) is 17.1 Å². The van der Waals surface area contributed by atoms with E-state index in [0.29, 0.717) is 0 Å². The number of nitrogens with two attached hydrogens (primary N) is 1. The number of hydrogen-bond acceptors (Lipinski definition) is 3. The first kappa shape index (κ1) is 16.7. The number of benzene rings is 3. The zero-order valence-electron chi connectivity index (χ0n) is 14.6. The fraction of sp³-hybridized carbons (Fsp3) is 0.0909. The van der Waals surface area contributed by atoms with Gasteiger partial charge in [-0.15, -0.1) is 0 Å². The van der Waals surface area contributed by atoms with Gasteiger partial charge in [0.1, 0.15) is 0 Å². The fourth-order valence-electron chi connectivity index (χ4n) is 2.98. The van der Waals surface area contributed by atoms with Crippen LogP contribution in [0.3, 0.4) is 0 Å². The van der Waals surface area contributed by atoms with E-state index in [0.717, 1.165) is 44.9 Å². The molecule has 0 aliphatic carbocycles. The van der Waals surface area contributed by atoms with Crippen LogP contribution in [0.5, 0.6) is 0 Å². The first-order valence-corrected chi connectivity index (χ1v) is 8.28. The second-order valence-electron chi connectivity index (χ2n) is 5.91. The summed E-state index contributed by atoms with van der Waals surface area (Å²) < 4.78 is 0. The SMILES string of the molecule is C=C(c1ccccc1)c1cc(NC)ccc1-c1ccc(N)cc1NC. The summed E-state index contributed by atoms with van der Waals surface area (Å²) in [5, 5.41) is 6.46. The minimum atomic E-state index is 0.739. The van der Waals surface area contributed by atoms with Crippen molar-refractivity contribution in [3.8, 4) is 11.1 Å². The Hall–Kier alpha value is -3.20. The minimum absolute atomic E-state index is 0.739. The quantitative estimate of drug-likeness (QED) is 0.572. The smallest absolute Gasteiger partial charge is 0.0438 e. The van der Waals surface area contributed by atoms with E-state index in [1.165, 1.54) is 0 Å². The van der Waals surface area contributed by atoms with Crippen LogP contribution < -0.4 is 16.4 Å². The lowest BCUT2D eigenvalue weighted by Crippen LogP contribution is -1.98. The molecule has 0 heterocycles. The van der Waals surface area contributed by atoms with Gasteiger partial charge in [-0.3, -0.25) is 0 Å². The molecule has 3 heteroatoms. The van der Waals surface area contributed by atoms with Gasteiger partial charge in [0.2, 0.25) is 0 Å². The van der Waals surface area contributed by atoms with E-state index in [1.54, 1.807) is 0 Å². The third kappa shape index (κ3) is 3.36. The molecule has 4 N–H and O–H groups in total. The molecule has 0 radical (unpaired) electrons. The highest BCUT2D eigenvalue weighted by molar-refractivity contribution is 5.93. The summed E-state index contributed by atoms with van der Waals surface area (Å²) in [6, 6.07) is 22.5. The normalized spacial score (nSPS) is 10.3. The van der Waals surface area contributed by atoms with Gasteiger partial charge in [-0.05, 0) is 46.5 Å². The lowest BCUT2D eigenvalue weighted by Gasteiger charge is -2.17. The minimum Gasteiger partial charge on any atom is -0.399 e. The van der Waals surface area contributed by atoms with E-state index >= 15 is 0 Å². The Labute approximate surface area is 149 Å². The number of rotatable bonds is 5. The van der Waals surface area contributed by atoms with Gasteiger partial charge < -0.3 is 16.4 Å². The molecule has 3 aromatic rings. The van der Waals surface area contributed by atoms with Crippen molar-refractivity contribution in [2.45, 2.75) is 0 Å². The van der Waals surface area contributed by atoms with Crippen molar-refractivity contribution >= 4 is 22.6 Å². The lowest BCUT2D eigenvalue weighted by molar-refractivity contribution is 1.46. The number of nitrogen functional groups attached to an aromatic ring is 1. The molecule has 0 amide bonds. The standard InChI is InChI=1S/C22H23N3/c1-15(16-7-5-4-6-8-16)21-14-18(24-2)10-12-19(21)20-11-9-17(23)13-22(20)25-3/h4-14,24-25H,1,23H2,2-3H3. The van der Waals surface area contributed by atoms with E-state index in [9.17, 15) is 0 Å². The van der Waals surface area contributed by atoms with Crippen LogP contribution in [0.15, 0.2) is 73.3 Å². The summed E-state index contributed by atoms with van der Waals surface area (Å²) in [6.07, 6.45) is 0. The van der Waals surface area contributed by atoms with Gasteiger partial charge in [-0.1, -0.05) is 49.0 Å². The molecule has 126 valence electrons. The van der Waals surface area contributed by atoms with E-state index in [1.807, 2.05) is 44.4 Å². The molecule has 0 spiro atoms. The van der Waals surface area contributed by atoms with Crippen molar-refractivity contribution in [1.29, 1.82) is 0 Å². The average molecular weight is 329 g/mol. The Morgan fingerprint density at radius 2 is 1.56 bits per heavy atom. The average Bonchev–Trinajstić information content (AvgIpc) is 2.67. The number of anilines is 3. The molecule has 0 unspecified atom stereocenters. The highest BCUT2D eigenvalue weighted by atomic mass is 14.8. The maximum absolute atomic E-state index is 5.95. The van der Waals surface area contributed by atoms with Crippen molar-refractivity contribution in [1.82, 2.24) is 0 Å².